The van der Waals surface area contributed by atoms with Crippen LogP contribution in [0.3, 0.4) is 0 Å². The molecule has 0 radical (unpaired) electrons. The largest absolute Gasteiger partial charge is 0.368 e. The molecule has 8 nitrogen and oxygen atoms in total. The Balaban J connectivity index is 1.41. The molecule has 1 aliphatic rings. The van der Waals surface area contributed by atoms with E-state index in [9.17, 15) is 14.9 Å². The topological polar surface area (TPSA) is 84.5 Å². The average Bonchev–Trinajstić information content (AvgIpc) is 3.17. The number of hydrogen-bond acceptors (Lipinski definition) is 5. The minimum absolute atomic E-state index is 0.0755. The number of benzene rings is 2. The molecule has 144 valence electrons. The maximum atomic E-state index is 13.0. The minimum Gasteiger partial charge on any atom is -0.368 e. The Morgan fingerprint density at radius 2 is 1.75 bits per heavy atom. The molecule has 0 N–H and O–H groups in total. The van der Waals surface area contributed by atoms with Crippen molar-refractivity contribution in [2.75, 3.05) is 31.1 Å². The van der Waals surface area contributed by atoms with E-state index in [-0.39, 0.29) is 17.6 Å². The Hall–Kier alpha value is -3.42. The molecule has 1 fully saturated rings. The second kappa shape index (κ2) is 7.30. The fourth-order valence-corrected chi connectivity index (χ4v) is 3.64. The van der Waals surface area contributed by atoms with Gasteiger partial charge in [-0.3, -0.25) is 14.9 Å². The molecule has 28 heavy (non-hydrogen) atoms. The van der Waals surface area contributed by atoms with Crippen LogP contribution in [0, 0.1) is 10.1 Å². The zero-order chi connectivity index (χ0) is 19.7. The molecule has 0 spiro atoms. The summed E-state index contributed by atoms with van der Waals surface area (Å²) in [5.74, 6) is 0.0755. The lowest BCUT2D eigenvalue weighted by atomic mass is 10.2. The number of nitro groups is 1. The number of fused-ring (bicyclic) bond motifs is 1. The van der Waals surface area contributed by atoms with Gasteiger partial charge in [0.05, 0.1) is 22.3 Å². The SMILES string of the molecule is CC(C(=O)N1CCN(c2ccc([N+](=O)[O-])cc2)CC1)n1cnc2ccccc21. The van der Waals surface area contributed by atoms with Crippen LogP contribution >= 0.6 is 0 Å². The number of nitrogens with zero attached hydrogens (tertiary/aromatic N) is 5. The zero-order valence-corrected chi connectivity index (χ0v) is 15.6. The number of rotatable bonds is 4. The lowest BCUT2D eigenvalue weighted by Crippen LogP contribution is -2.50. The predicted octanol–water partition coefficient (Wildman–Crippen LogP) is 2.85. The molecule has 1 aromatic heterocycles. The van der Waals surface area contributed by atoms with Crippen LogP contribution < -0.4 is 4.90 Å². The van der Waals surface area contributed by atoms with Crippen molar-refractivity contribution in [2.24, 2.45) is 0 Å². The first-order valence-electron chi connectivity index (χ1n) is 9.24. The lowest BCUT2D eigenvalue weighted by molar-refractivity contribution is -0.384. The van der Waals surface area contributed by atoms with E-state index in [0.717, 1.165) is 16.7 Å². The van der Waals surface area contributed by atoms with Crippen molar-refractivity contribution in [2.45, 2.75) is 13.0 Å². The molecule has 8 heteroatoms. The highest BCUT2D eigenvalue weighted by Crippen LogP contribution is 2.23. The number of para-hydroxylation sites is 2. The van der Waals surface area contributed by atoms with Gasteiger partial charge in [0.1, 0.15) is 6.04 Å². The van der Waals surface area contributed by atoms with Gasteiger partial charge in [0.15, 0.2) is 0 Å². The van der Waals surface area contributed by atoms with Gasteiger partial charge < -0.3 is 14.4 Å². The molecular formula is C20H21N5O3. The summed E-state index contributed by atoms with van der Waals surface area (Å²) >= 11 is 0. The van der Waals surface area contributed by atoms with Gasteiger partial charge in [-0.2, -0.15) is 0 Å². The smallest absolute Gasteiger partial charge is 0.269 e. The van der Waals surface area contributed by atoms with Crippen LogP contribution in [0.15, 0.2) is 54.9 Å². The number of anilines is 1. The van der Waals surface area contributed by atoms with E-state index < -0.39 is 4.92 Å². The first-order valence-corrected chi connectivity index (χ1v) is 9.24. The van der Waals surface area contributed by atoms with Crippen molar-refractivity contribution in [3.8, 4) is 0 Å². The van der Waals surface area contributed by atoms with Crippen molar-refractivity contribution < 1.29 is 9.72 Å². The fraction of sp³-hybridized carbons (Fsp3) is 0.300. The number of hydrogen-bond donors (Lipinski definition) is 0. The standard InChI is InChI=1S/C20H21N5O3/c1-15(24-14-21-18-4-2-3-5-19(18)24)20(26)23-12-10-22(11-13-23)16-6-8-17(9-7-16)25(27)28/h2-9,14-15H,10-13H2,1H3. The summed E-state index contributed by atoms with van der Waals surface area (Å²) in [6.07, 6.45) is 1.72. The van der Waals surface area contributed by atoms with Gasteiger partial charge in [0.25, 0.3) is 5.69 Å². The van der Waals surface area contributed by atoms with Gasteiger partial charge in [-0.25, -0.2) is 4.98 Å². The van der Waals surface area contributed by atoms with Crippen LogP contribution in [0.25, 0.3) is 11.0 Å². The summed E-state index contributed by atoms with van der Waals surface area (Å²) in [6, 6.07) is 14.0. The van der Waals surface area contributed by atoms with Crippen LogP contribution in [-0.2, 0) is 4.79 Å². The quantitative estimate of drug-likeness (QED) is 0.514. The van der Waals surface area contributed by atoms with E-state index in [1.165, 1.54) is 12.1 Å². The van der Waals surface area contributed by atoms with Gasteiger partial charge in [0.2, 0.25) is 5.91 Å². The summed E-state index contributed by atoms with van der Waals surface area (Å²) in [6.45, 7) is 4.53. The Morgan fingerprint density at radius 1 is 1.07 bits per heavy atom. The molecule has 2 heterocycles. The average molecular weight is 379 g/mol. The highest BCUT2D eigenvalue weighted by atomic mass is 16.6. The summed E-state index contributed by atoms with van der Waals surface area (Å²) in [5.41, 5.74) is 2.85. The molecule has 1 unspecified atom stereocenters. The van der Waals surface area contributed by atoms with Gasteiger partial charge in [-0.15, -0.1) is 0 Å². The second-order valence-electron chi connectivity index (χ2n) is 6.90. The van der Waals surface area contributed by atoms with E-state index in [2.05, 4.69) is 9.88 Å². The number of non-ortho nitro benzene ring substituents is 1. The third-order valence-electron chi connectivity index (χ3n) is 5.27. The molecule has 4 rings (SSSR count). The first-order chi connectivity index (χ1) is 13.5. The summed E-state index contributed by atoms with van der Waals surface area (Å²) < 4.78 is 1.92. The number of aromatic nitrogens is 2. The highest BCUT2D eigenvalue weighted by Gasteiger charge is 2.26. The van der Waals surface area contributed by atoms with Gasteiger partial charge in [0, 0.05) is 44.0 Å². The molecule has 0 bridgehead atoms. The van der Waals surface area contributed by atoms with Crippen LogP contribution in [0.5, 0.6) is 0 Å². The highest BCUT2D eigenvalue weighted by molar-refractivity contribution is 5.84. The molecule has 1 saturated heterocycles. The van der Waals surface area contributed by atoms with Gasteiger partial charge in [-0.1, -0.05) is 12.1 Å². The number of carbonyl (C=O) groups is 1. The molecule has 3 aromatic rings. The van der Waals surface area contributed by atoms with Gasteiger partial charge in [-0.05, 0) is 31.2 Å². The molecule has 1 atom stereocenters. The monoisotopic (exact) mass is 379 g/mol. The third-order valence-corrected chi connectivity index (χ3v) is 5.27. The molecule has 1 amide bonds. The molecule has 2 aromatic carbocycles. The van der Waals surface area contributed by atoms with Crippen molar-refractivity contribution in [3.63, 3.8) is 0 Å². The zero-order valence-electron chi connectivity index (χ0n) is 15.6. The minimum atomic E-state index is -0.401. The van der Waals surface area contributed by atoms with Crippen molar-refractivity contribution in [1.82, 2.24) is 14.5 Å². The predicted molar refractivity (Wildman–Crippen MR) is 106 cm³/mol. The first kappa shape index (κ1) is 18.0. The summed E-state index contributed by atoms with van der Waals surface area (Å²) in [5, 5.41) is 10.8. The Bertz CT molecular complexity index is 1010. The molecule has 0 aliphatic carbocycles. The third kappa shape index (κ3) is 3.28. The van der Waals surface area contributed by atoms with Crippen LogP contribution in [0.1, 0.15) is 13.0 Å². The van der Waals surface area contributed by atoms with E-state index in [1.54, 1.807) is 18.5 Å². The van der Waals surface area contributed by atoms with E-state index in [0.29, 0.717) is 26.2 Å². The molecule has 1 aliphatic heterocycles. The number of piperazine rings is 1. The summed E-state index contributed by atoms with van der Waals surface area (Å²) in [4.78, 5) is 31.8. The number of nitro benzene ring substituents is 1. The number of carbonyl (C=O) groups excluding carboxylic acids is 1. The van der Waals surface area contributed by atoms with Crippen molar-refractivity contribution in [1.29, 1.82) is 0 Å². The normalized spacial score (nSPS) is 15.6. The van der Waals surface area contributed by atoms with Crippen molar-refractivity contribution in [3.05, 3.63) is 65.0 Å². The van der Waals surface area contributed by atoms with Gasteiger partial charge >= 0.3 is 0 Å². The summed E-state index contributed by atoms with van der Waals surface area (Å²) in [7, 11) is 0. The van der Waals surface area contributed by atoms with Crippen LogP contribution in [0.2, 0.25) is 0 Å². The van der Waals surface area contributed by atoms with Crippen LogP contribution in [-0.4, -0.2) is 51.5 Å². The number of imidazole rings is 1. The second-order valence-corrected chi connectivity index (χ2v) is 6.90. The molecule has 0 saturated carbocycles. The van der Waals surface area contributed by atoms with Crippen molar-refractivity contribution >= 4 is 28.3 Å². The van der Waals surface area contributed by atoms with Crippen LogP contribution in [0.4, 0.5) is 11.4 Å². The maximum Gasteiger partial charge on any atom is 0.269 e. The molecular weight excluding hydrogens is 358 g/mol. The number of amides is 1. The van der Waals surface area contributed by atoms with E-state index in [1.807, 2.05) is 40.7 Å². The lowest BCUT2D eigenvalue weighted by Gasteiger charge is -2.37. The van der Waals surface area contributed by atoms with E-state index >= 15 is 0 Å². The Labute approximate surface area is 162 Å². The Morgan fingerprint density at radius 3 is 2.43 bits per heavy atom. The fourth-order valence-electron chi connectivity index (χ4n) is 3.64. The maximum absolute atomic E-state index is 13.0. The Kier molecular flexibility index (Phi) is 4.68. The van der Waals surface area contributed by atoms with E-state index in [4.69, 9.17) is 0 Å².